The van der Waals surface area contributed by atoms with E-state index in [-0.39, 0.29) is 23.9 Å². The zero-order valence-corrected chi connectivity index (χ0v) is 12.0. The lowest BCUT2D eigenvalue weighted by molar-refractivity contribution is -0.123. The fourth-order valence-corrected chi connectivity index (χ4v) is 3.20. The van der Waals surface area contributed by atoms with E-state index in [1.807, 2.05) is 0 Å². The van der Waals surface area contributed by atoms with E-state index in [4.69, 9.17) is 11.6 Å². The summed E-state index contributed by atoms with van der Waals surface area (Å²) in [5.74, 6) is 0.516. The van der Waals surface area contributed by atoms with Gasteiger partial charge in [0, 0.05) is 22.9 Å². The molecule has 0 aromatic heterocycles. The lowest BCUT2D eigenvalue weighted by Crippen LogP contribution is -2.24. The molecule has 1 aliphatic carbocycles. The summed E-state index contributed by atoms with van der Waals surface area (Å²) < 4.78 is 13.7. The minimum Gasteiger partial charge on any atom is -0.299 e. The van der Waals surface area contributed by atoms with Gasteiger partial charge in [-0.2, -0.15) is 0 Å². The molecule has 1 aromatic rings. The van der Waals surface area contributed by atoms with Crippen LogP contribution in [0.3, 0.4) is 0 Å². The number of carbonyl (C=O) groups excluding carboxylic acids is 1. The van der Waals surface area contributed by atoms with E-state index >= 15 is 0 Å². The van der Waals surface area contributed by atoms with Crippen LogP contribution in [0.1, 0.15) is 44.6 Å². The molecule has 0 heterocycles. The summed E-state index contributed by atoms with van der Waals surface area (Å²) >= 11 is 5.98. The Morgan fingerprint density at radius 2 is 2.21 bits per heavy atom. The van der Waals surface area contributed by atoms with Crippen LogP contribution in [0.4, 0.5) is 4.39 Å². The Morgan fingerprint density at radius 1 is 1.42 bits per heavy atom. The summed E-state index contributed by atoms with van der Waals surface area (Å²) in [6.45, 7) is 2.17. The summed E-state index contributed by atoms with van der Waals surface area (Å²) in [6, 6.07) is 4.58. The monoisotopic (exact) mass is 282 g/mol. The third-order valence-electron chi connectivity index (χ3n) is 4.23. The van der Waals surface area contributed by atoms with E-state index < -0.39 is 0 Å². The summed E-state index contributed by atoms with van der Waals surface area (Å²) in [6.07, 6.45) is 5.50. The van der Waals surface area contributed by atoms with Gasteiger partial charge in [0.2, 0.25) is 0 Å². The topological polar surface area (TPSA) is 17.1 Å². The van der Waals surface area contributed by atoms with Crippen LogP contribution < -0.4 is 0 Å². The fourth-order valence-electron chi connectivity index (χ4n) is 2.97. The van der Waals surface area contributed by atoms with Crippen LogP contribution in [0, 0.1) is 17.7 Å². The maximum atomic E-state index is 13.7. The number of hydrogen-bond donors (Lipinski definition) is 0. The Labute approximate surface area is 119 Å². The summed E-state index contributed by atoms with van der Waals surface area (Å²) in [5, 5.41) is 0.358. The number of carbonyl (C=O) groups is 1. The van der Waals surface area contributed by atoms with Gasteiger partial charge in [0.25, 0.3) is 0 Å². The van der Waals surface area contributed by atoms with Crippen molar-refractivity contribution in [3.63, 3.8) is 0 Å². The number of Topliss-reactive ketones (excluding diaryl/α,β-unsaturated/α-hetero) is 1. The molecule has 2 unspecified atom stereocenters. The molecule has 0 N–H and O–H groups in total. The molecule has 0 radical (unpaired) electrons. The quantitative estimate of drug-likeness (QED) is 0.775. The highest BCUT2D eigenvalue weighted by Gasteiger charge is 2.27. The van der Waals surface area contributed by atoms with Crippen LogP contribution in [0.2, 0.25) is 5.02 Å². The van der Waals surface area contributed by atoms with Crippen LogP contribution in [0.25, 0.3) is 0 Å². The fraction of sp³-hybridized carbons (Fsp3) is 0.562. The Bertz CT molecular complexity index is 438. The summed E-state index contributed by atoms with van der Waals surface area (Å²) in [5.41, 5.74) is 0.354. The molecule has 0 bridgehead atoms. The highest BCUT2D eigenvalue weighted by Crippen LogP contribution is 2.32. The molecular weight excluding hydrogens is 263 g/mol. The van der Waals surface area contributed by atoms with Crippen LogP contribution in [0.5, 0.6) is 0 Å². The van der Waals surface area contributed by atoms with Gasteiger partial charge in [-0.15, -0.1) is 0 Å². The Balaban J connectivity index is 2.04. The molecule has 3 heteroatoms. The molecule has 0 spiro atoms. The normalized spacial score (nSPS) is 23.3. The maximum Gasteiger partial charge on any atom is 0.140 e. The van der Waals surface area contributed by atoms with Gasteiger partial charge >= 0.3 is 0 Å². The summed E-state index contributed by atoms with van der Waals surface area (Å²) in [4.78, 5) is 12.3. The van der Waals surface area contributed by atoms with Crippen molar-refractivity contribution < 1.29 is 9.18 Å². The van der Waals surface area contributed by atoms with Gasteiger partial charge < -0.3 is 0 Å². The second kappa shape index (κ2) is 6.51. The first-order valence-electron chi connectivity index (χ1n) is 7.07. The molecule has 1 nitrogen and oxygen atoms in total. The maximum absolute atomic E-state index is 13.7. The van der Waals surface area contributed by atoms with Gasteiger partial charge in [0.1, 0.15) is 11.6 Å². The van der Waals surface area contributed by atoms with E-state index in [1.54, 1.807) is 12.1 Å². The van der Waals surface area contributed by atoms with E-state index in [9.17, 15) is 9.18 Å². The lowest BCUT2D eigenvalue weighted by Gasteiger charge is -2.27. The second-order valence-corrected chi connectivity index (χ2v) is 5.89. The smallest absolute Gasteiger partial charge is 0.140 e. The van der Waals surface area contributed by atoms with Gasteiger partial charge in [-0.3, -0.25) is 4.79 Å². The molecule has 2 rings (SSSR count). The third kappa shape index (κ3) is 3.56. The highest BCUT2D eigenvalue weighted by atomic mass is 35.5. The molecule has 1 fully saturated rings. The predicted molar refractivity (Wildman–Crippen MR) is 75.9 cm³/mol. The van der Waals surface area contributed by atoms with Gasteiger partial charge in [0.15, 0.2) is 0 Å². The number of benzene rings is 1. The average molecular weight is 283 g/mol. The van der Waals surface area contributed by atoms with Crippen molar-refractivity contribution >= 4 is 17.4 Å². The molecular formula is C16H20ClFO. The van der Waals surface area contributed by atoms with Crippen LogP contribution >= 0.6 is 11.6 Å². The molecule has 0 aliphatic heterocycles. The standard InChI is InChI=1S/C16H20ClFO/c1-2-11-5-3-6-12(9-11)16(19)10-13-14(17)7-4-8-15(13)18/h4,7-8,11-12H,2-3,5-6,9-10H2,1H3. The average Bonchev–Trinajstić information content (AvgIpc) is 2.43. The lowest BCUT2D eigenvalue weighted by atomic mass is 9.77. The van der Waals surface area contributed by atoms with Crippen molar-refractivity contribution in [3.05, 3.63) is 34.6 Å². The van der Waals surface area contributed by atoms with E-state index in [1.165, 1.54) is 12.5 Å². The predicted octanol–water partition coefficient (Wildman–Crippen LogP) is 4.81. The van der Waals surface area contributed by atoms with Crippen molar-refractivity contribution in [2.75, 3.05) is 0 Å². The number of halogens is 2. The first kappa shape index (κ1) is 14.5. The van der Waals surface area contributed by atoms with Crippen LogP contribution in [-0.2, 0) is 11.2 Å². The number of ketones is 1. The Hall–Kier alpha value is -0.890. The van der Waals surface area contributed by atoms with Gasteiger partial charge in [-0.25, -0.2) is 4.39 Å². The Morgan fingerprint density at radius 3 is 2.89 bits per heavy atom. The molecule has 0 amide bonds. The number of rotatable bonds is 4. The zero-order chi connectivity index (χ0) is 13.8. The third-order valence-corrected chi connectivity index (χ3v) is 4.58. The molecule has 1 saturated carbocycles. The van der Waals surface area contributed by atoms with Gasteiger partial charge in [0.05, 0.1) is 0 Å². The molecule has 1 aliphatic rings. The molecule has 0 saturated heterocycles. The highest BCUT2D eigenvalue weighted by molar-refractivity contribution is 6.31. The van der Waals surface area contributed by atoms with E-state index in [0.717, 1.165) is 25.7 Å². The molecule has 1 aromatic carbocycles. The molecule has 19 heavy (non-hydrogen) atoms. The van der Waals surface area contributed by atoms with E-state index in [0.29, 0.717) is 16.5 Å². The second-order valence-electron chi connectivity index (χ2n) is 5.48. The van der Waals surface area contributed by atoms with Crippen molar-refractivity contribution in [1.82, 2.24) is 0 Å². The van der Waals surface area contributed by atoms with Crippen molar-refractivity contribution in [2.45, 2.75) is 45.4 Å². The first-order valence-corrected chi connectivity index (χ1v) is 7.45. The van der Waals surface area contributed by atoms with Gasteiger partial charge in [-0.1, -0.05) is 43.9 Å². The molecule has 2 atom stereocenters. The first-order chi connectivity index (χ1) is 9.11. The zero-order valence-electron chi connectivity index (χ0n) is 11.3. The number of hydrogen-bond acceptors (Lipinski definition) is 1. The van der Waals surface area contributed by atoms with Crippen molar-refractivity contribution in [1.29, 1.82) is 0 Å². The van der Waals surface area contributed by atoms with Crippen LogP contribution in [0.15, 0.2) is 18.2 Å². The summed E-state index contributed by atoms with van der Waals surface area (Å²) in [7, 11) is 0. The van der Waals surface area contributed by atoms with Crippen LogP contribution in [-0.4, -0.2) is 5.78 Å². The SMILES string of the molecule is CCC1CCCC(C(=O)Cc2c(F)cccc2Cl)C1. The van der Waals surface area contributed by atoms with E-state index in [2.05, 4.69) is 6.92 Å². The largest absolute Gasteiger partial charge is 0.299 e. The Kier molecular flexibility index (Phi) is 4.98. The molecule has 104 valence electrons. The minimum absolute atomic E-state index is 0.0920. The van der Waals surface area contributed by atoms with Crippen molar-refractivity contribution in [2.24, 2.45) is 11.8 Å². The van der Waals surface area contributed by atoms with Gasteiger partial charge in [-0.05, 0) is 30.9 Å². The minimum atomic E-state index is -0.372. The van der Waals surface area contributed by atoms with Crippen molar-refractivity contribution in [3.8, 4) is 0 Å².